The molecule has 0 bridgehead atoms. The third-order valence-corrected chi connectivity index (χ3v) is 3.43. The van der Waals surface area contributed by atoms with Gasteiger partial charge in [0.15, 0.2) is 0 Å². The van der Waals surface area contributed by atoms with Gasteiger partial charge in [0.2, 0.25) is 0 Å². The van der Waals surface area contributed by atoms with Crippen LogP contribution in [0.25, 0.3) is 0 Å². The molecule has 6 nitrogen and oxygen atoms in total. The van der Waals surface area contributed by atoms with Crippen molar-refractivity contribution in [3.8, 4) is 0 Å². The molecule has 2 amide bonds. The van der Waals surface area contributed by atoms with E-state index in [0.717, 1.165) is 30.2 Å². The molecule has 1 aromatic heterocycles. The Bertz CT molecular complexity index is 604. The Morgan fingerprint density at radius 3 is 2.70 bits per heavy atom. The zero-order valence-corrected chi connectivity index (χ0v) is 11.3. The third kappa shape index (κ3) is 2.45. The molecular formula is C14H17N5O. The van der Waals surface area contributed by atoms with Crippen molar-refractivity contribution in [1.82, 2.24) is 15.1 Å². The quantitative estimate of drug-likeness (QED) is 0.887. The number of urea groups is 1. The predicted molar refractivity (Wildman–Crippen MR) is 77.7 cm³/mol. The second kappa shape index (κ2) is 5.24. The highest BCUT2D eigenvalue weighted by Gasteiger charge is 2.20. The van der Waals surface area contributed by atoms with Crippen molar-refractivity contribution in [2.24, 2.45) is 7.05 Å². The summed E-state index contributed by atoms with van der Waals surface area (Å²) in [6.45, 7) is 2.15. The van der Waals surface area contributed by atoms with Crippen LogP contribution in [0.2, 0.25) is 0 Å². The molecule has 0 saturated carbocycles. The molecule has 0 unspecified atom stereocenters. The molecule has 1 saturated heterocycles. The van der Waals surface area contributed by atoms with Gasteiger partial charge in [-0.1, -0.05) is 0 Å². The number of amides is 2. The van der Waals surface area contributed by atoms with Gasteiger partial charge in [-0.25, -0.2) is 4.79 Å². The number of carbonyl (C=O) groups excluding carboxylic acids is 1. The first-order valence-corrected chi connectivity index (χ1v) is 6.60. The van der Waals surface area contributed by atoms with Crippen LogP contribution in [0.1, 0.15) is 5.69 Å². The molecule has 0 spiro atoms. The minimum atomic E-state index is -0.0272. The van der Waals surface area contributed by atoms with Crippen LogP contribution in [-0.2, 0) is 13.6 Å². The lowest BCUT2D eigenvalue weighted by Crippen LogP contribution is -2.27. The van der Waals surface area contributed by atoms with Crippen LogP contribution < -0.4 is 15.5 Å². The molecule has 6 heteroatoms. The first-order valence-electron chi connectivity index (χ1n) is 6.60. The van der Waals surface area contributed by atoms with Crippen LogP contribution >= 0.6 is 0 Å². The first-order chi connectivity index (χ1) is 9.74. The number of hydrogen-bond acceptors (Lipinski definition) is 3. The van der Waals surface area contributed by atoms with Gasteiger partial charge in [-0.05, 0) is 30.3 Å². The van der Waals surface area contributed by atoms with E-state index in [1.165, 1.54) is 0 Å². The van der Waals surface area contributed by atoms with Gasteiger partial charge in [-0.2, -0.15) is 5.10 Å². The molecular weight excluding hydrogens is 254 g/mol. The van der Waals surface area contributed by atoms with Crippen LogP contribution in [-0.4, -0.2) is 28.9 Å². The third-order valence-electron chi connectivity index (χ3n) is 3.43. The Morgan fingerprint density at radius 1 is 1.30 bits per heavy atom. The Kier molecular flexibility index (Phi) is 3.28. The van der Waals surface area contributed by atoms with Gasteiger partial charge in [0, 0.05) is 37.7 Å². The van der Waals surface area contributed by atoms with E-state index in [4.69, 9.17) is 0 Å². The number of carbonyl (C=O) groups is 1. The van der Waals surface area contributed by atoms with Gasteiger partial charge >= 0.3 is 6.03 Å². The molecule has 104 valence electrons. The highest BCUT2D eigenvalue weighted by molar-refractivity contribution is 5.94. The van der Waals surface area contributed by atoms with Crippen LogP contribution in [0.3, 0.4) is 0 Å². The lowest BCUT2D eigenvalue weighted by atomic mass is 10.2. The normalized spacial score (nSPS) is 14.4. The summed E-state index contributed by atoms with van der Waals surface area (Å²) in [6, 6.07) is 9.83. The van der Waals surface area contributed by atoms with Crippen molar-refractivity contribution in [3.63, 3.8) is 0 Å². The van der Waals surface area contributed by atoms with Gasteiger partial charge in [0.05, 0.1) is 12.2 Å². The Hall–Kier alpha value is -2.50. The molecule has 2 N–H and O–H groups in total. The first kappa shape index (κ1) is 12.5. The molecule has 2 aromatic rings. The van der Waals surface area contributed by atoms with E-state index in [-0.39, 0.29) is 6.03 Å². The number of benzene rings is 1. The molecule has 0 radical (unpaired) electrons. The monoisotopic (exact) mass is 271 g/mol. The zero-order chi connectivity index (χ0) is 13.9. The number of hydrogen-bond donors (Lipinski definition) is 2. The van der Waals surface area contributed by atoms with E-state index < -0.39 is 0 Å². The van der Waals surface area contributed by atoms with E-state index in [2.05, 4.69) is 15.7 Å². The molecule has 1 aromatic carbocycles. The number of anilines is 2. The highest BCUT2D eigenvalue weighted by atomic mass is 16.2. The molecule has 0 atom stereocenters. The summed E-state index contributed by atoms with van der Waals surface area (Å²) < 4.78 is 1.84. The topological polar surface area (TPSA) is 62.2 Å². The average Bonchev–Trinajstić information content (AvgIpc) is 3.06. The lowest BCUT2D eigenvalue weighted by molar-refractivity contribution is 0.252. The smallest absolute Gasteiger partial charge is 0.321 e. The van der Waals surface area contributed by atoms with Gasteiger partial charge in [0.25, 0.3) is 0 Å². The van der Waals surface area contributed by atoms with Crippen molar-refractivity contribution >= 4 is 17.4 Å². The minimum absolute atomic E-state index is 0.0272. The van der Waals surface area contributed by atoms with Crippen LogP contribution in [0.15, 0.2) is 36.5 Å². The molecule has 1 aliphatic heterocycles. The van der Waals surface area contributed by atoms with Crippen molar-refractivity contribution < 1.29 is 4.79 Å². The average molecular weight is 271 g/mol. The van der Waals surface area contributed by atoms with Crippen LogP contribution in [0.4, 0.5) is 16.2 Å². The zero-order valence-electron chi connectivity index (χ0n) is 11.3. The number of rotatable bonds is 4. The van der Waals surface area contributed by atoms with Gasteiger partial charge in [-0.3, -0.25) is 9.58 Å². The minimum Gasteiger partial charge on any atom is -0.379 e. The maximum absolute atomic E-state index is 11.6. The standard InChI is InChI=1S/C14H17N5O/c1-18-13(6-7-17-18)10-16-11-2-4-12(5-3-11)19-9-8-15-14(19)20/h2-7,16H,8-10H2,1H3,(H,15,20). The van der Waals surface area contributed by atoms with Gasteiger partial charge < -0.3 is 10.6 Å². The fourth-order valence-electron chi connectivity index (χ4n) is 2.24. The van der Waals surface area contributed by atoms with Crippen LogP contribution in [0, 0.1) is 0 Å². The number of nitrogens with zero attached hydrogens (tertiary/aromatic N) is 3. The van der Waals surface area contributed by atoms with E-state index in [1.54, 1.807) is 11.1 Å². The predicted octanol–water partition coefficient (Wildman–Crippen LogP) is 1.56. The molecule has 0 aliphatic carbocycles. The Morgan fingerprint density at radius 2 is 2.10 bits per heavy atom. The second-order valence-electron chi connectivity index (χ2n) is 4.73. The van der Waals surface area contributed by atoms with Crippen LogP contribution in [0.5, 0.6) is 0 Å². The molecule has 3 rings (SSSR count). The molecule has 1 fully saturated rings. The molecule has 1 aliphatic rings. The Balaban J connectivity index is 1.64. The summed E-state index contributed by atoms with van der Waals surface area (Å²) in [5, 5.41) is 10.3. The Labute approximate surface area is 117 Å². The van der Waals surface area contributed by atoms with Gasteiger partial charge in [0.1, 0.15) is 0 Å². The highest BCUT2D eigenvalue weighted by Crippen LogP contribution is 2.19. The summed E-state index contributed by atoms with van der Waals surface area (Å²) in [5.74, 6) is 0. The summed E-state index contributed by atoms with van der Waals surface area (Å²) >= 11 is 0. The second-order valence-corrected chi connectivity index (χ2v) is 4.73. The van der Waals surface area contributed by atoms with Crippen molar-refractivity contribution in [2.75, 3.05) is 23.3 Å². The SMILES string of the molecule is Cn1nccc1CNc1ccc(N2CCNC2=O)cc1. The molecule has 2 heterocycles. The van der Waals surface area contributed by atoms with Crippen molar-refractivity contribution in [2.45, 2.75) is 6.54 Å². The fraction of sp³-hybridized carbons (Fsp3) is 0.286. The molecule has 20 heavy (non-hydrogen) atoms. The van der Waals surface area contributed by atoms with E-state index in [9.17, 15) is 4.79 Å². The number of aryl methyl sites for hydroxylation is 1. The largest absolute Gasteiger partial charge is 0.379 e. The maximum atomic E-state index is 11.6. The van der Waals surface area contributed by atoms with Gasteiger partial charge in [-0.15, -0.1) is 0 Å². The van der Waals surface area contributed by atoms with Crippen molar-refractivity contribution in [1.29, 1.82) is 0 Å². The van der Waals surface area contributed by atoms with E-state index >= 15 is 0 Å². The summed E-state index contributed by atoms with van der Waals surface area (Å²) in [5.41, 5.74) is 3.06. The maximum Gasteiger partial charge on any atom is 0.321 e. The number of nitrogens with one attached hydrogen (secondary N) is 2. The van der Waals surface area contributed by atoms with Crippen molar-refractivity contribution in [3.05, 3.63) is 42.2 Å². The van der Waals surface area contributed by atoms with E-state index in [0.29, 0.717) is 6.54 Å². The summed E-state index contributed by atoms with van der Waals surface area (Å²) in [4.78, 5) is 13.3. The number of aromatic nitrogens is 2. The fourth-order valence-corrected chi connectivity index (χ4v) is 2.24. The lowest BCUT2D eigenvalue weighted by Gasteiger charge is -2.15. The van der Waals surface area contributed by atoms with E-state index in [1.807, 2.05) is 42.1 Å². The summed E-state index contributed by atoms with van der Waals surface area (Å²) in [7, 11) is 1.92. The summed E-state index contributed by atoms with van der Waals surface area (Å²) in [6.07, 6.45) is 1.78.